The van der Waals surface area contributed by atoms with Crippen LogP contribution in [-0.4, -0.2) is 35.4 Å². The van der Waals surface area contributed by atoms with Crippen molar-refractivity contribution in [2.24, 2.45) is 11.8 Å². The molecule has 0 aromatic heterocycles. The maximum absolute atomic E-state index is 12.0. The predicted molar refractivity (Wildman–Crippen MR) is 99.5 cm³/mol. The predicted octanol–water partition coefficient (Wildman–Crippen LogP) is 5.06. The molecule has 3 heteroatoms. The van der Waals surface area contributed by atoms with Crippen LogP contribution in [0.1, 0.15) is 74.7 Å². The number of hydrogen-bond donors (Lipinski definition) is 0. The smallest absolute Gasteiger partial charge is 0.135 e. The Balaban J connectivity index is 4.94. The average molecular weight is 326 g/mol. The van der Waals surface area contributed by atoms with E-state index in [1.165, 1.54) is 0 Å². The van der Waals surface area contributed by atoms with Gasteiger partial charge in [-0.25, -0.2) is 0 Å². The Labute approximate surface area is 144 Å². The Morgan fingerprint density at radius 1 is 1.04 bits per heavy atom. The summed E-state index contributed by atoms with van der Waals surface area (Å²) in [5.74, 6) is 1.53. The van der Waals surface area contributed by atoms with E-state index < -0.39 is 0 Å². The second-order valence-electron chi connectivity index (χ2n) is 7.57. The zero-order valence-corrected chi connectivity index (χ0v) is 16.7. The Bertz CT molecular complexity index is 361. The molecule has 0 aliphatic carbocycles. The number of ketones is 1. The molecule has 2 atom stereocenters. The Morgan fingerprint density at radius 3 is 2.00 bits per heavy atom. The minimum absolute atomic E-state index is 0.0315. The molecule has 0 saturated heterocycles. The fraction of sp³-hybridized carbons (Fsp3) is 0.850. The van der Waals surface area contributed by atoms with E-state index in [2.05, 4.69) is 53.0 Å². The Kier molecular flexibility index (Phi) is 10.5. The van der Waals surface area contributed by atoms with Crippen LogP contribution in [0.4, 0.5) is 0 Å². The molecule has 0 aliphatic heterocycles. The second kappa shape index (κ2) is 10.9. The van der Waals surface area contributed by atoms with Crippen LogP contribution in [0.15, 0.2) is 12.3 Å². The van der Waals surface area contributed by atoms with Gasteiger partial charge in [0.25, 0.3) is 0 Å². The molecule has 2 unspecified atom stereocenters. The van der Waals surface area contributed by atoms with E-state index in [0.29, 0.717) is 30.2 Å². The zero-order chi connectivity index (χ0) is 18.2. The van der Waals surface area contributed by atoms with Crippen LogP contribution in [0.25, 0.3) is 0 Å². The minimum atomic E-state index is 0.0315. The summed E-state index contributed by atoms with van der Waals surface area (Å²) < 4.78 is 6.13. The normalized spacial score (nSPS) is 14.6. The highest BCUT2D eigenvalue weighted by atomic mass is 16.5. The molecule has 0 aliphatic rings. The van der Waals surface area contributed by atoms with Gasteiger partial charge in [0.05, 0.1) is 5.76 Å². The van der Waals surface area contributed by atoms with Crippen molar-refractivity contribution in [3.63, 3.8) is 0 Å². The van der Waals surface area contributed by atoms with Crippen molar-refractivity contribution >= 4 is 5.78 Å². The van der Waals surface area contributed by atoms with Crippen LogP contribution in [0, 0.1) is 11.8 Å². The van der Waals surface area contributed by atoms with Crippen molar-refractivity contribution < 1.29 is 9.53 Å². The van der Waals surface area contributed by atoms with Gasteiger partial charge in [0.1, 0.15) is 11.9 Å². The van der Waals surface area contributed by atoms with E-state index >= 15 is 0 Å². The van der Waals surface area contributed by atoms with Gasteiger partial charge in [0.2, 0.25) is 0 Å². The van der Waals surface area contributed by atoms with E-state index in [4.69, 9.17) is 4.74 Å². The van der Waals surface area contributed by atoms with Crippen molar-refractivity contribution in [1.29, 1.82) is 0 Å². The molecule has 0 saturated carbocycles. The molecule has 0 bridgehead atoms. The first-order chi connectivity index (χ1) is 10.6. The largest absolute Gasteiger partial charge is 0.494 e. The van der Waals surface area contributed by atoms with Crippen molar-refractivity contribution in [3.8, 4) is 0 Å². The second-order valence-corrected chi connectivity index (χ2v) is 7.57. The summed E-state index contributed by atoms with van der Waals surface area (Å²) in [7, 11) is 0. The molecule has 0 spiro atoms. The van der Waals surface area contributed by atoms with Crippen LogP contribution < -0.4 is 0 Å². The van der Waals surface area contributed by atoms with Gasteiger partial charge in [-0.05, 0) is 33.6 Å². The third kappa shape index (κ3) is 8.55. The molecule has 0 heterocycles. The summed E-state index contributed by atoms with van der Waals surface area (Å²) in [6, 6.07) is 0.971. The number of ether oxygens (including phenoxy) is 1. The molecule has 0 rings (SSSR count). The highest BCUT2D eigenvalue weighted by molar-refractivity contribution is 5.80. The standard InChI is InChI=1S/C20H39NO2/c1-10-17(8)21(16(6)7)13-19(23-18(9)14(2)3)11-12-20(22)15(4)5/h14-17,19H,9-13H2,1-8H3. The monoisotopic (exact) mass is 325 g/mol. The van der Waals surface area contributed by atoms with Gasteiger partial charge in [0.15, 0.2) is 0 Å². The Hall–Kier alpha value is -0.830. The first kappa shape index (κ1) is 22.2. The first-order valence-corrected chi connectivity index (χ1v) is 9.23. The van der Waals surface area contributed by atoms with Gasteiger partial charge in [-0.3, -0.25) is 9.69 Å². The van der Waals surface area contributed by atoms with Crippen molar-refractivity contribution in [2.75, 3.05) is 6.54 Å². The lowest BCUT2D eigenvalue weighted by molar-refractivity contribution is -0.122. The number of carbonyl (C=O) groups excluding carboxylic acids is 1. The number of nitrogens with zero attached hydrogens (tertiary/aromatic N) is 1. The fourth-order valence-electron chi connectivity index (χ4n) is 2.50. The SMILES string of the molecule is C=C(OC(CCC(=O)C(C)C)CN(C(C)C)C(C)CC)C(C)C. The van der Waals surface area contributed by atoms with Gasteiger partial charge in [0, 0.05) is 36.9 Å². The summed E-state index contributed by atoms with van der Waals surface area (Å²) in [6.07, 6.45) is 2.49. The third-order valence-electron chi connectivity index (χ3n) is 4.55. The van der Waals surface area contributed by atoms with Crippen LogP contribution >= 0.6 is 0 Å². The quantitative estimate of drug-likeness (QED) is 0.470. The van der Waals surface area contributed by atoms with E-state index in [9.17, 15) is 4.79 Å². The molecule has 3 nitrogen and oxygen atoms in total. The number of Topliss-reactive ketones (excluding diaryl/α,β-unsaturated/α-hetero) is 1. The average Bonchev–Trinajstić information content (AvgIpc) is 2.47. The van der Waals surface area contributed by atoms with Crippen LogP contribution in [0.3, 0.4) is 0 Å². The number of rotatable bonds is 12. The van der Waals surface area contributed by atoms with Crippen molar-refractivity contribution in [3.05, 3.63) is 12.3 Å². The Morgan fingerprint density at radius 2 is 1.61 bits per heavy atom. The highest BCUT2D eigenvalue weighted by Crippen LogP contribution is 2.19. The number of allylic oxidation sites excluding steroid dienone is 1. The van der Waals surface area contributed by atoms with Gasteiger partial charge >= 0.3 is 0 Å². The molecule has 0 aromatic carbocycles. The molecule has 136 valence electrons. The summed E-state index contributed by atoms with van der Waals surface area (Å²) in [5.41, 5.74) is 0. The lowest BCUT2D eigenvalue weighted by Gasteiger charge is -2.36. The van der Waals surface area contributed by atoms with E-state index in [-0.39, 0.29) is 12.0 Å². The molecule has 0 radical (unpaired) electrons. The molecule has 0 fully saturated rings. The lowest BCUT2D eigenvalue weighted by atomic mass is 10.0. The van der Waals surface area contributed by atoms with Crippen molar-refractivity contribution in [2.45, 2.75) is 92.8 Å². The van der Waals surface area contributed by atoms with Crippen LogP contribution in [-0.2, 0) is 9.53 Å². The van der Waals surface area contributed by atoms with E-state index in [0.717, 1.165) is 25.1 Å². The summed E-state index contributed by atoms with van der Waals surface area (Å²) in [5, 5.41) is 0. The fourth-order valence-corrected chi connectivity index (χ4v) is 2.50. The van der Waals surface area contributed by atoms with E-state index in [1.807, 2.05) is 13.8 Å². The van der Waals surface area contributed by atoms with Gasteiger partial charge in [-0.1, -0.05) is 41.2 Å². The lowest BCUT2D eigenvalue weighted by Crippen LogP contribution is -2.44. The molecular weight excluding hydrogens is 286 g/mol. The molecule has 0 amide bonds. The van der Waals surface area contributed by atoms with E-state index in [1.54, 1.807) is 0 Å². The maximum Gasteiger partial charge on any atom is 0.135 e. The van der Waals surface area contributed by atoms with Gasteiger partial charge in [-0.15, -0.1) is 0 Å². The summed E-state index contributed by atoms with van der Waals surface area (Å²) in [6.45, 7) is 21.9. The van der Waals surface area contributed by atoms with Crippen molar-refractivity contribution in [1.82, 2.24) is 4.90 Å². The van der Waals surface area contributed by atoms with Gasteiger partial charge in [-0.2, -0.15) is 0 Å². The summed E-state index contributed by atoms with van der Waals surface area (Å²) >= 11 is 0. The number of carbonyl (C=O) groups is 1. The maximum atomic E-state index is 12.0. The summed E-state index contributed by atoms with van der Waals surface area (Å²) in [4.78, 5) is 14.5. The highest BCUT2D eigenvalue weighted by Gasteiger charge is 2.23. The molecule has 0 N–H and O–H groups in total. The van der Waals surface area contributed by atoms with Gasteiger partial charge < -0.3 is 4.74 Å². The van der Waals surface area contributed by atoms with Crippen LogP contribution in [0.2, 0.25) is 0 Å². The number of hydrogen-bond acceptors (Lipinski definition) is 3. The zero-order valence-electron chi connectivity index (χ0n) is 16.7. The van der Waals surface area contributed by atoms with Crippen LogP contribution in [0.5, 0.6) is 0 Å². The molecule has 0 aromatic rings. The first-order valence-electron chi connectivity index (χ1n) is 9.23. The molecular formula is C20H39NO2. The minimum Gasteiger partial charge on any atom is -0.494 e. The third-order valence-corrected chi connectivity index (χ3v) is 4.55. The topological polar surface area (TPSA) is 29.5 Å². The molecule has 23 heavy (non-hydrogen) atoms.